The van der Waals surface area contributed by atoms with Crippen LogP contribution in [0.1, 0.15) is 25.7 Å². The monoisotopic (exact) mass is 287 g/mol. The molecule has 0 aromatic carbocycles. The second kappa shape index (κ2) is 6.11. The number of nitrogens with one attached hydrogen (secondary N) is 3. The molecule has 0 bridgehead atoms. The molecular formula is C15H21N5O. The largest absolute Gasteiger partial charge is 0.368 e. The molecule has 1 fully saturated rings. The molecule has 1 aliphatic rings. The van der Waals surface area contributed by atoms with E-state index in [2.05, 4.69) is 25.6 Å². The molecule has 1 amide bonds. The van der Waals surface area contributed by atoms with Crippen LogP contribution in [-0.4, -0.2) is 34.5 Å². The molecular weight excluding hydrogens is 266 g/mol. The normalized spacial score (nSPS) is 22.1. The van der Waals surface area contributed by atoms with Crippen LogP contribution in [0.15, 0.2) is 18.6 Å². The highest BCUT2D eigenvalue weighted by Gasteiger charge is 2.25. The minimum Gasteiger partial charge on any atom is -0.368 e. The smallest absolute Gasteiger partial charge is 0.222 e. The van der Waals surface area contributed by atoms with E-state index in [0.29, 0.717) is 5.92 Å². The number of hydrogen-bond donors (Lipinski definition) is 3. The molecule has 0 radical (unpaired) electrons. The maximum Gasteiger partial charge on any atom is 0.222 e. The van der Waals surface area contributed by atoms with Gasteiger partial charge < -0.3 is 15.6 Å². The maximum atomic E-state index is 11.6. The third kappa shape index (κ3) is 2.99. The fourth-order valence-electron chi connectivity index (χ4n) is 3.08. The number of fused-ring (bicyclic) bond motifs is 1. The van der Waals surface area contributed by atoms with Gasteiger partial charge in [0.1, 0.15) is 11.8 Å². The molecule has 0 spiro atoms. The molecule has 2 heterocycles. The summed E-state index contributed by atoms with van der Waals surface area (Å²) in [5.74, 6) is 1.84. The fraction of sp³-hybridized carbons (Fsp3) is 0.533. The maximum absolute atomic E-state index is 11.6. The van der Waals surface area contributed by atoms with Gasteiger partial charge in [0, 0.05) is 25.7 Å². The van der Waals surface area contributed by atoms with Gasteiger partial charge in [-0.25, -0.2) is 9.97 Å². The minimum absolute atomic E-state index is 0.185. The number of amides is 1. The first-order valence-corrected chi connectivity index (χ1v) is 7.51. The summed E-state index contributed by atoms with van der Waals surface area (Å²) >= 11 is 0. The van der Waals surface area contributed by atoms with E-state index in [-0.39, 0.29) is 11.8 Å². The highest BCUT2D eigenvalue weighted by atomic mass is 16.1. The van der Waals surface area contributed by atoms with Crippen LogP contribution in [-0.2, 0) is 4.79 Å². The molecule has 3 N–H and O–H groups in total. The van der Waals surface area contributed by atoms with Crippen LogP contribution in [0.25, 0.3) is 11.0 Å². The first-order chi connectivity index (χ1) is 10.3. The topological polar surface area (TPSA) is 82.7 Å². The Balaban J connectivity index is 1.55. The second-order valence-electron chi connectivity index (χ2n) is 5.67. The zero-order chi connectivity index (χ0) is 14.7. The van der Waals surface area contributed by atoms with Crippen molar-refractivity contribution in [3.63, 3.8) is 0 Å². The van der Waals surface area contributed by atoms with Crippen LogP contribution in [0.3, 0.4) is 0 Å². The van der Waals surface area contributed by atoms with Crippen LogP contribution in [0.2, 0.25) is 0 Å². The van der Waals surface area contributed by atoms with Crippen LogP contribution < -0.4 is 10.6 Å². The fourth-order valence-corrected chi connectivity index (χ4v) is 3.08. The molecule has 0 saturated heterocycles. The van der Waals surface area contributed by atoms with E-state index in [9.17, 15) is 4.79 Å². The van der Waals surface area contributed by atoms with Gasteiger partial charge in [-0.3, -0.25) is 4.79 Å². The summed E-state index contributed by atoms with van der Waals surface area (Å²) in [5, 5.41) is 6.17. The van der Waals surface area contributed by atoms with Crippen molar-refractivity contribution in [3.8, 4) is 0 Å². The highest BCUT2D eigenvalue weighted by Crippen LogP contribution is 2.29. The number of carbonyl (C=O) groups is 1. The lowest BCUT2D eigenvalue weighted by atomic mass is 9.81. The van der Waals surface area contributed by atoms with Gasteiger partial charge >= 0.3 is 0 Å². The molecule has 6 heteroatoms. The van der Waals surface area contributed by atoms with E-state index in [1.165, 1.54) is 0 Å². The summed E-state index contributed by atoms with van der Waals surface area (Å²) in [5.41, 5.74) is 1.88. The number of aromatic nitrogens is 3. The van der Waals surface area contributed by atoms with Gasteiger partial charge in [-0.2, -0.15) is 0 Å². The van der Waals surface area contributed by atoms with E-state index in [4.69, 9.17) is 0 Å². The average molecular weight is 287 g/mol. The summed E-state index contributed by atoms with van der Waals surface area (Å²) in [7, 11) is 1.71. The summed E-state index contributed by atoms with van der Waals surface area (Å²) in [4.78, 5) is 23.3. The van der Waals surface area contributed by atoms with Gasteiger partial charge in [-0.05, 0) is 37.7 Å². The lowest BCUT2D eigenvalue weighted by molar-refractivity contribution is -0.125. The van der Waals surface area contributed by atoms with Gasteiger partial charge in [-0.1, -0.05) is 0 Å². The van der Waals surface area contributed by atoms with Crippen LogP contribution in [0.5, 0.6) is 0 Å². The van der Waals surface area contributed by atoms with Crippen molar-refractivity contribution >= 4 is 22.8 Å². The van der Waals surface area contributed by atoms with Crippen LogP contribution >= 0.6 is 0 Å². The number of carbonyl (C=O) groups excluding carboxylic acids is 1. The lowest BCUT2D eigenvalue weighted by Crippen LogP contribution is -2.32. The highest BCUT2D eigenvalue weighted by molar-refractivity contribution is 5.85. The molecule has 2 aromatic heterocycles. The number of anilines is 1. The van der Waals surface area contributed by atoms with Gasteiger partial charge in [0.05, 0.1) is 5.52 Å². The van der Waals surface area contributed by atoms with Crippen molar-refractivity contribution in [1.29, 1.82) is 0 Å². The van der Waals surface area contributed by atoms with Gasteiger partial charge in [0.25, 0.3) is 0 Å². The Morgan fingerprint density at radius 3 is 2.90 bits per heavy atom. The first kappa shape index (κ1) is 13.9. The van der Waals surface area contributed by atoms with Gasteiger partial charge in [0.2, 0.25) is 5.91 Å². The molecule has 0 atom stereocenters. The van der Waals surface area contributed by atoms with Crippen molar-refractivity contribution in [2.24, 2.45) is 11.8 Å². The van der Waals surface area contributed by atoms with E-state index in [0.717, 1.165) is 49.1 Å². The summed E-state index contributed by atoms with van der Waals surface area (Å²) in [6.45, 7) is 0.894. The van der Waals surface area contributed by atoms with E-state index in [1.54, 1.807) is 13.4 Å². The third-order valence-corrected chi connectivity index (χ3v) is 4.37. The van der Waals surface area contributed by atoms with Crippen LogP contribution in [0, 0.1) is 11.8 Å². The summed E-state index contributed by atoms with van der Waals surface area (Å²) < 4.78 is 0. The molecule has 3 rings (SSSR count). The quantitative estimate of drug-likeness (QED) is 0.802. The molecule has 2 aromatic rings. The van der Waals surface area contributed by atoms with Crippen molar-refractivity contribution in [2.75, 3.05) is 18.9 Å². The molecule has 0 unspecified atom stereocenters. The molecule has 6 nitrogen and oxygen atoms in total. The number of hydrogen-bond acceptors (Lipinski definition) is 4. The molecule has 1 saturated carbocycles. The summed E-state index contributed by atoms with van der Waals surface area (Å²) in [6, 6.07) is 1.94. The Hall–Kier alpha value is -2.11. The zero-order valence-corrected chi connectivity index (χ0v) is 12.2. The Labute approximate surface area is 123 Å². The molecule has 112 valence electrons. The lowest BCUT2D eigenvalue weighted by Gasteiger charge is -2.27. The Morgan fingerprint density at radius 1 is 1.33 bits per heavy atom. The zero-order valence-electron chi connectivity index (χ0n) is 12.2. The SMILES string of the molecule is CNC(=O)C1CCC(CNc2ncnc3cc[nH]c23)CC1. The molecule has 1 aliphatic carbocycles. The predicted molar refractivity (Wildman–Crippen MR) is 81.9 cm³/mol. The standard InChI is InChI=1S/C15H21N5O/c1-16-15(21)11-4-2-10(3-5-11)8-18-14-13-12(6-7-17-13)19-9-20-14/h6-7,9-11,17H,2-5,8H2,1H3,(H,16,21)(H,18,19,20). The number of nitrogens with zero attached hydrogens (tertiary/aromatic N) is 2. The minimum atomic E-state index is 0.185. The van der Waals surface area contributed by atoms with E-state index >= 15 is 0 Å². The van der Waals surface area contributed by atoms with Crippen molar-refractivity contribution < 1.29 is 4.79 Å². The number of H-pyrrole nitrogens is 1. The van der Waals surface area contributed by atoms with Gasteiger partial charge in [0.15, 0.2) is 5.82 Å². The predicted octanol–water partition coefficient (Wildman–Crippen LogP) is 1.92. The third-order valence-electron chi connectivity index (χ3n) is 4.37. The van der Waals surface area contributed by atoms with Crippen molar-refractivity contribution in [2.45, 2.75) is 25.7 Å². The Morgan fingerprint density at radius 2 is 2.14 bits per heavy atom. The average Bonchev–Trinajstić information content (AvgIpc) is 3.02. The Bertz CT molecular complexity index is 615. The number of aromatic amines is 1. The van der Waals surface area contributed by atoms with Crippen molar-refractivity contribution in [3.05, 3.63) is 18.6 Å². The Kier molecular flexibility index (Phi) is 4.03. The first-order valence-electron chi connectivity index (χ1n) is 7.51. The van der Waals surface area contributed by atoms with Gasteiger partial charge in [-0.15, -0.1) is 0 Å². The second-order valence-corrected chi connectivity index (χ2v) is 5.67. The molecule has 21 heavy (non-hydrogen) atoms. The summed E-state index contributed by atoms with van der Waals surface area (Å²) in [6.07, 6.45) is 7.59. The van der Waals surface area contributed by atoms with Crippen LogP contribution in [0.4, 0.5) is 5.82 Å². The van der Waals surface area contributed by atoms with E-state index < -0.39 is 0 Å². The molecule has 0 aliphatic heterocycles. The van der Waals surface area contributed by atoms with Crippen molar-refractivity contribution in [1.82, 2.24) is 20.3 Å². The number of rotatable bonds is 4. The van der Waals surface area contributed by atoms with E-state index in [1.807, 2.05) is 12.3 Å².